The van der Waals surface area contributed by atoms with Gasteiger partial charge in [0.2, 0.25) is 0 Å². The van der Waals surface area contributed by atoms with E-state index in [0.29, 0.717) is 11.7 Å². The molecule has 0 bridgehead atoms. The molecule has 0 amide bonds. The molecule has 0 aliphatic carbocycles. The van der Waals surface area contributed by atoms with Crippen molar-refractivity contribution in [2.45, 2.75) is 26.3 Å². The molecule has 2 aromatic rings. The van der Waals surface area contributed by atoms with Crippen LogP contribution in [0.2, 0.25) is 0 Å². The lowest BCUT2D eigenvalue weighted by molar-refractivity contribution is 0.397. The fourth-order valence-electron chi connectivity index (χ4n) is 1.28. The smallest absolute Gasteiger partial charge is 0.258 e. The van der Waals surface area contributed by atoms with Crippen LogP contribution in [-0.4, -0.2) is 15.1 Å². The summed E-state index contributed by atoms with van der Waals surface area (Å²) in [4.78, 5) is 8.37. The minimum atomic E-state index is -0.593. The van der Waals surface area contributed by atoms with E-state index >= 15 is 0 Å². The van der Waals surface area contributed by atoms with Crippen molar-refractivity contribution < 1.29 is 4.52 Å². The Morgan fingerprint density at radius 2 is 2.12 bits per heavy atom. The number of hydrogen-bond donors (Lipinski definition) is 1. The first-order chi connectivity index (χ1) is 7.47. The summed E-state index contributed by atoms with van der Waals surface area (Å²) in [5.74, 6) is 0.969. The molecule has 84 valence electrons. The van der Waals surface area contributed by atoms with Gasteiger partial charge in [0, 0.05) is 17.5 Å². The highest BCUT2D eigenvalue weighted by atomic mass is 16.5. The normalized spacial score (nSPS) is 11.8. The molecule has 0 atom stereocenters. The molecule has 2 rings (SSSR count). The van der Waals surface area contributed by atoms with Gasteiger partial charge in [-0.3, -0.25) is 4.98 Å². The molecule has 0 saturated carbocycles. The number of nitrogens with zero attached hydrogens (tertiary/aromatic N) is 3. The minimum Gasteiger partial charge on any atom is -0.334 e. The highest BCUT2D eigenvalue weighted by molar-refractivity contribution is 5.52. The van der Waals surface area contributed by atoms with Crippen molar-refractivity contribution in [2.24, 2.45) is 5.73 Å². The molecule has 0 aliphatic rings. The Morgan fingerprint density at radius 3 is 2.69 bits per heavy atom. The summed E-state index contributed by atoms with van der Waals surface area (Å²) in [6.45, 7) is 5.58. The summed E-state index contributed by atoms with van der Waals surface area (Å²) in [5, 5.41) is 3.86. The Balaban J connectivity index is 2.39. The van der Waals surface area contributed by atoms with Crippen LogP contribution in [0.4, 0.5) is 0 Å². The van der Waals surface area contributed by atoms with Gasteiger partial charge in [-0.2, -0.15) is 4.98 Å². The van der Waals surface area contributed by atoms with E-state index in [2.05, 4.69) is 15.1 Å². The number of aromatic nitrogens is 3. The zero-order chi connectivity index (χ0) is 11.8. The Bertz CT molecular complexity index is 499. The van der Waals surface area contributed by atoms with Crippen molar-refractivity contribution in [2.75, 3.05) is 0 Å². The minimum absolute atomic E-state index is 0.471. The Morgan fingerprint density at radius 1 is 1.38 bits per heavy atom. The van der Waals surface area contributed by atoms with Gasteiger partial charge in [-0.15, -0.1) is 0 Å². The maximum atomic E-state index is 5.88. The van der Waals surface area contributed by atoms with E-state index in [1.165, 1.54) is 0 Å². The monoisotopic (exact) mass is 218 g/mol. The lowest BCUT2D eigenvalue weighted by Gasteiger charge is -2.11. The first kappa shape index (κ1) is 10.8. The van der Waals surface area contributed by atoms with Crippen LogP contribution in [0.5, 0.6) is 0 Å². The second kappa shape index (κ2) is 3.68. The highest BCUT2D eigenvalue weighted by Gasteiger charge is 2.21. The summed E-state index contributed by atoms with van der Waals surface area (Å²) >= 11 is 0. The van der Waals surface area contributed by atoms with Gasteiger partial charge in [0.25, 0.3) is 5.89 Å². The lowest BCUT2D eigenvalue weighted by atomic mass is 10.1. The van der Waals surface area contributed by atoms with Crippen LogP contribution >= 0.6 is 0 Å². The van der Waals surface area contributed by atoms with E-state index < -0.39 is 5.54 Å². The summed E-state index contributed by atoms with van der Waals surface area (Å²) in [6, 6.07) is 3.72. The Labute approximate surface area is 93.7 Å². The Kier molecular flexibility index (Phi) is 2.47. The van der Waals surface area contributed by atoms with E-state index in [1.54, 1.807) is 6.20 Å². The molecule has 16 heavy (non-hydrogen) atoms. The third kappa shape index (κ3) is 2.09. The first-order valence-corrected chi connectivity index (χ1v) is 5.03. The number of aryl methyl sites for hydroxylation is 1. The largest absolute Gasteiger partial charge is 0.334 e. The molecule has 0 aliphatic heterocycles. The number of nitrogens with two attached hydrogens (primary N) is 1. The topological polar surface area (TPSA) is 77.8 Å². The third-order valence-corrected chi connectivity index (χ3v) is 2.15. The molecule has 0 saturated heterocycles. The van der Waals surface area contributed by atoms with Crippen LogP contribution < -0.4 is 5.73 Å². The summed E-state index contributed by atoms with van der Waals surface area (Å²) in [6.07, 6.45) is 1.71. The van der Waals surface area contributed by atoms with E-state index in [4.69, 9.17) is 10.3 Å². The molecular formula is C11H14N4O. The van der Waals surface area contributed by atoms with Crippen LogP contribution in [0.3, 0.4) is 0 Å². The SMILES string of the molecule is Cc1cc(-c2nc(C(C)(C)N)no2)ccn1. The zero-order valence-corrected chi connectivity index (χ0v) is 9.56. The first-order valence-electron chi connectivity index (χ1n) is 5.03. The molecule has 5 heteroatoms. The number of rotatable bonds is 2. The lowest BCUT2D eigenvalue weighted by Crippen LogP contribution is -2.30. The average molecular weight is 218 g/mol. The number of hydrogen-bond acceptors (Lipinski definition) is 5. The highest BCUT2D eigenvalue weighted by Crippen LogP contribution is 2.20. The van der Waals surface area contributed by atoms with Crippen LogP contribution in [-0.2, 0) is 5.54 Å². The van der Waals surface area contributed by atoms with E-state index in [-0.39, 0.29) is 0 Å². The fraction of sp³-hybridized carbons (Fsp3) is 0.364. The van der Waals surface area contributed by atoms with Crippen molar-refractivity contribution in [3.05, 3.63) is 29.8 Å². The molecule has 0 radical (unpaired) electrons. The van der Waals surface area contributed by atoms with E-state index in [9.17, 15) is 0 Å². The molecule has 2 heterocycles. The van der Waals surface area contributed by atoms with Crippen LogP contribution in [0.15, 0.2) is 22.9 Å². The predicted molar refractivity (Wildman–Crippen MR) is 59.5 cm³/mol. The van der Waals surface area contributed by atoms with Gasteiger partial charge >= 0.3 is 0 Å². The second-order valence-electron chi connectivity index (χ2n) is 4.33. The predicted octanol–water partition coefficient (Wildman–Crippen LogP) is 1.63. The third-order valence-electron chi connectivity index (χ3n) is 2.15. The molecular weight excluding hydrogens is 204 g/mol. The van der Waals surface area contributed by atoms with Gasteiger partial charge in [-0.1, -0.05) is 5.16 Å². The van der Waals surface area contributed by atoms with Crippen molar-refractivity contribution in [3.8, 4) is 11.5 Å². The molecule has 0 fully saturated rings. The van der Waals surface area contributed by atoms with E-state index in [1.807, 2.05) is 32.9 Å². The fourth-order valence-corrected chi connectivity index (χ4v) is 1.28. The van der Waals surface area contributed by atoms with Crippen molar-refractivity contribution in [1.82, 2.24) is 15.1 Å². The standard InChI is InChI=1S/C11H14N4O/c1-7-6-8(4-5-13-7)9-14-10(15-16-9)11(2,3)12/h4-6H,12H2,1-3H3. The second-order valence-corrected chi connectivity index (χ2v) is 4.33. The summed E-state index contributed by atoms with van der Waals surface area (Å²) in [7, 11) is 0. The molecule has 0 unspecified atom stereocenters. The zero-order valence-electron chi connectivity index (χ0n) is 9.56. The molecule has 0 spiro atoms. The quantitative estimate of drug-likeness (QED) is 0.828. The average Bonchev–Trinajstić information content (AvgIpc) is 2.65. The van der Waals surface area contributed by atoms with Crippen molar-refractivity contribution in [1.29, 1.82) is 0 Å². The molecule has 5 nitrogen and oxygen atoms in total. The van der Waals surface area contributed by atoms with Crippen molar-refractivity contribution >= 4 is 0 Å². The van der Waals surface area contributed by atoms with Gasteiger partial charge < -0.3 is 10.3 Å². The maximum Gasteiger partial charge on any atom is 0.258 e. The summed E-state index contributed by atoms with van der Waals surface area (Å²) in [5.41, 5.74) is 7.05. The number of pyridine rings is 1. The van der Waals surface area contributed by atoms with Crippen LogP contribution in [0, 0.1) is 6.92 Å². The van der Waals surface area contributed by atoms with Crippen molar-refractivity contribution in [3.63, 3.8) is 0 Å². The van der Waals surface area contributed by atoms with Crippen LogP contribution in [0.1, 0.15) is 25.4 Å². The van der Waals surface area contributed by atoms with Gasteiger partial charge in [0.05, 0.1) is 5.54 Å². The Hall–Kier alpha value is -1.75. The molecule has 0 aromatic carbocycles. The van der Waals surface area contributed by atoms with Gasteiger partial charge in [-0.25, -0.2) is 0 Å². The maximum absolute atomic E-state index is 5.88. The molecule has 2 N–H and O–H groups in total. The van der Waals surface area contributed by atoms with E-state index in [0.717, 1.165) is 11.3 Å². The van der Waals surface area contributed by atoms with Gasteiger partial charge in [0.1, 0.15) is 0 Å². The van der Waals surface area contributed by atoms with Crippen LogP contribution in [0.25, 0.3) is 11.5 Å². The molecule has 2 aromatic heterocycles. The van der Waals surface area contributed by atoms with Gasteiger partial charge in [-0.05, 0) is 32.9 Å². The summed E-state index contributed by atoms with van der Waals surface area (Å²) < 4.78 is 5.16. The van der Waals surface area contributed by atoms with Gasteiger partial charge in [0.15, 0.2) is 5.82 Å².